The summed E-state index contributed by atoms with van der Waals surface area (Å²) >= 11 is 0. The number of benzene rings is 1. The molecule has 1 aromatic rings. The van der Waals surface area contributed by atoms with Gasteiger partial charge in [0, 0.05) is 6.54 Å². The van der Waals surface area contributed by atoms with Crippen LogP contribution in [0.1, 0.15) is 18.9 Å². The fourth-order valence-corrected chi connectivity index (χ4v) is 2.53. The van der Waals surface area contributed by atoms with Gasteiger partial charge in [-0.25, -0.2) is 0 Å². The molecule has 0 radical (unpaired) electrons. The predicted octanol–water partition coefficient (Wildman–Crippen LogP) is 0.605. The van der Waals surface area contributed by atoms with E-state index in [1.54, 1.807) is 11.0 Å². The van der Waals surface area contributed by atoms with Gasteiger partial charge in [0.15, 0.2) is 11.5 Å². The number of phenolic OH excluding ortho intramolecular Hbond substituents is 2. The van der Waals surface area contributed by atoms with Crippen LogP contribution in [0.4, 0.5) is 0 Å². The Hall–Kier alpha value is -1.79. The molecular formula is C15H22N2O4. The number of aromatic hydroxyl groups is 2. The van der Waals surface area contributed by atoms with Gasteiger partial charge in [-0.3, -0.25) is 4.79 Å². The molecule has 0 aromatic heterocycles. The van der Waals surface area contributed by atoms with Gasteiger partial charge >= 0.3 is 0 Å². The van der Waals surface area contributed by atoms with E-state index in [0.717, 1.165) is 6.42 Å². The SMILES string of the molecule is CCC1COCCN1C(=O)[C@@H](N)Cc1ccc(O)c(O)c1. The first-order chi connectivity index (χ1) is 10.0. The number of rotatable bonds is 4. The number of nitrogens with two attached hydrogens (primary N) is 1. The average molecular weight is 294 g/mol. The fourth-order valence-electron chi connectivity index (χ4n) is 2.53. The topological polar surface area (TPSA) is 96.0 Å². The molecule has 0 bridgehead atoms. The van der Waals surface area contributed by atoms with Crippen molar-refractivity contribution in [2.75, 3.05) is 19.8 Å². The van der Waals surface area contributed by atoms with Gasteiger partial charge < -0.3 is 25.6 Å². The number of nitrogens with zero attached hydrogens (tertiary/aromatic N) is 1. The minimum atomic E-state index is -0.666. The van der Waals surface area contributed by atoms with E-state index in [9.17, 15) is 15.0 Å². The lowest BCUT2D eigenvalue weighted by Crippen LogP contribution is -2.54. The van der Waals surface area contributed by atoms with Gasteiger partial charge in [0.25, 0.3) is 0 Å². The number of ether oxygens (including phenoxy) is 1. The van der Waals surface area contributed by atoms with E-state index in [1.807, 2.05) is 6.92 Å². The number of hydrogen-bond donors (Lipinski definition) is 3. The molecule has 0 aliphatic carbocycles. The summed E-state index contributed by atoms with van der Waals surface area (Å²) in [7, 11) is 0. The molecule has 1 aliphatic rings. The minimum absolute atomic E-state index is 0.0746. The van der Waals surface area contributed by atoms with Crippen molar-refractivity contribution in [1.29, 1.82) is 0 Å². The van der Waals surface area contributed by atoms with E-state index in [4.69, 9.17) is 10.5 Å². The predicted molar refractivity (Wildman–Crippen MR) is 78.1 cm³/mol. The lowest BCUT2D eigenvalue weighted by atomic mass is 10.0. The van der Waals surface area contributed by atoms with E-state index in [0.29, 0.717) is 31.7 Å². The molecule has 1 amide bonds. The monoisotopic (exact) mass is 294 g/mol. The Morgan fingerprint density at radius 1 is 1.48 bits per heavy atom. The maximum atomic E-state index is 12.5. The maximum absolute atomic E-state index is 12.5. The van der Waals surface area contributed by atoms with E-state index >= 15 is 0 Å². The van der Waals surface area contributed by atoms with Crippen LogP contribution in [0.25, 0.3) is 0 Å². The number of morpholine rings is 1. The normalized spacial score (nSPS) is 20.3. The third-order valence-electron chi connectivity index (χ3n) is 3.79. The molecule has 21 heavy (non-hydrogen) atoms. The van der Waals surface area contributed by atoms with Crippen LogP contribution in [-0.4, -0.2) is 52.9 Å². The van der Waals surface area contributed by atoms with Gasteiger partial charge in [-0.15, -0.1) is 0 Å². The third-order valence-corrected chi connectivity index (χ3v) is 3.79. The molecule has 1 saturated heterocycles. The lowest BCUT2D eigenvalue weighted by molar-refractivity contribution is -0.141. The maximum Gasteiger partial charge on any atom is 0.240 e. The molecule has 1 unspecified atom stereocenters. The summed E-state index contributed by atoms with van der Waals surface area (Å²) < 4.78 is 5.38. The van der Waals surface area contributed by atoms with Gasteiger partial charge in [-0.05, 0) is 30.5 Å². The smallest absolute Gasteiger partial charge is 0.240 e. The van der Waals surface area contributed by atoms with E-state index in [2.05, 4.69) is 0 Å². The molecule has 0 spiro atoms. The van der Waals surface area contributed by atoms with Gasteiger partial charge in [0.1, 0.15) is 0 Å². The minimum Gasteiger partial charge on any atom is -0.504 e. The zero-order valence-electron chi connectivity index (χ0n) is 12.2. The van der Waals surface area contributed by atoms with Crippen molar-refractivity contribution in [2.45, 2.75) is 31.8 Å². The first-order valence-corrected chi connectivity index (χ1v) is 7.17. The molecule has 2 rings (SSSR count). The molecule has 1 heterocycles. The zero-order valence-corrected chi connectivity index (χ0v) is 12.2. The van der Waals surface area contributed by atoms with Gasteiger partial charge in [0.2, 0.25) is 5.91 Å². The second kappa shape index (κ2) is 6.78. The number of carbonyl (C=O) groups excluding carboxylic acids is 1. The van der Waals surface area contributed by atoms with Crippen LogP contribution in [0.3, 0.4) is 0 Å². The molecule has 4 N–H and O–H groups in total. The molecule has 1 fully saturated rings. The number of amides is 1. The first-order valence-electron chi connectivity index (χ1n) is 7.17. The molecule has 116 valence electrons. The summed E-state index contributed by atoms with van der Waals surface area (Å²) in [4.78, 5) is 14.2. The Kier molecular flexibility index (Phi) is 5.03. The number of hydrogen-bond acceptors (Lipinski definition) is 5. The number of carbonyl (C=O) groups is 1. The van der Waals surface area contributed by atoms with Crippen molar-refractivity contribution in [3.05, 3.63) is 23.8 Å². The average Bonchev–Trinajstić information content (AvgIpc) is 2.50. The van der Waals surface area contributed by atoms with Crippen LogP contribution in [0.2, 0.25) is 0 Å². The highest BCUT2D eigenvalue weighted by atomic mass is 16.5. The second-order valence-corrected chi connectivity index (χ2v) is 5.30. The van der Waals surface area contributed by atoms with Crippen molar-refractivity contribution < 1.29 is 19.7 Å². The standard InChI is InChI=1S/C15H22N2O4/c1-2-11-9-21-6-5-17(11)15(20)12(16)7-10-3-4-13(18)14(19)8-10/h3-4,8,11-12,18-19H,2,5-7,9,16H2,1H3/t11?,12-/m0/s1. The molecule has 0 saturated carbocycles. The van der Waals surface area contributed by atoms with Crippen LogP contribution in [-0.2, 0) is 16.0 Å². The zero-order chi connectivity index (χ0) is 15.4. The molecule has 1 aliphatic heterocycles. The molecule has 1 aromatic carbocycles. The van der Waals surface area contributed by atoms with Crippen LogP contribution >= 0.6 is 0 Å². The third kappa shape index (κ3) is 3.65. The highest BCUT2D eigenvalue weighted by Crippen LogP contribution is 2.25. The molecular weight excluding hydrogens is 272 g/mol. The van der Waals surface area contributed by atoms with Crippen LogP contribution in [0.15, 0.2) is 18.2 Å². The number of phenols is 2. The van der Waals surface area contributed by atoms with Crippen molar-refractivity contribution in [3.8, 4) is 11.5 Å². The van der Waals surface area contributed by atoms with Crippen molar-refractivity contribution in [2.24, 2.45) is 5.73 Å². The second-order valence-electron chi connectivity index (χ2n) is 5.30. The lowest BCUT2D eigenvalue weighted by Gasteiger charge is -2.36. The molecule has 6 heteroatoms. The Labute approximate surface area is 124 Å². The van der Waals surface area contributed by atoms with Crippen molar-refractivity contribution >= 4 is 5.91 Å². The quantitative estimate of drug-likeness (QED) is 0.707. The highest BCUT2D eigenvalue weighted by molar-refractivity contribution is 5.82. The van der Waals surface area contributed by atoms with Gasteiger partial charge in [-0.1, -0.05) is 13.0 Å². The van der Waals surface area contributed by atoms with E-state index in [1.165, 1.54) is 12.1 Å². The highest BCUT2D eigenvalue weighted by Gasteiger charge is 2.29. The first kappa shape index (κ1) is 15.6. The fraction of sp³-hybridized carbons (Fsp3) is 0.533. The van der Waals surface area contributed by atoms with E-state index in [-0.39, 0.29) is 23.4 Å². The summed E-state index contributed by atoms with van der Waals surface area (Å²) in [5, 5.41) is 18.8. The summed E-state index contributed by atoms with van der Waals surface area (Å²) in [6, 6.07) is 3.88. The van der Waals surface area contributed by atoms with Crippen LogP contribution < -0.4 is 5.73 Å². The van der Waals surface area contributed by atoms with Gasteiger partial charge in [-0.2, -0.15) is 0 Å². The van der Waals surface area contributed by atoms with Gasteiger partial charge in [0.05, 0.1) is 25.3 Å². The van der Waals surface area contributed by atoms with Crippen LogP contribution in [0.5, 0.6) is 11.5 Å². The van der Waals surface area contributed by atoms with Crippen molar-refractivity contribution in [3.63, 3.8) is 0 Å². The van der Waals surface area contributed by atoms with Crippen molar-refractivity contribution in [1.82, 2.24) is 4.90 Å². The Balaban J connectivity index is 2.02. The summed E-state index contributed by atoms with van der Waals surface area (Å²) in [5.74, 6) is -0.486. The molecule has 6 nitrogen and oxygen atoms in total. The Bertz CT molecular complexity index is 506. The summed E-state index contributed by atoms with van der Waals surface area (Å²) in [6.07, 6.45) is 1.15. The summed E-state index contributed by atoms with van der Waals surface area (Å²) in [5.41, 5.74) is 6.72. The largest absolute Gasteiger partial charge is 0.504 e. The Morgan fingerprint density at radius 3 is 2.90 bits per heavy atom. The van der Waals surface area contributed by atoms with E-state index < -0.39 is 6.04 Å². The molecule has 2 atom stereocenters. The summed E-state index contributed by atoms with van der Waals surface area (Å²) in [6.45, 7) is 3.67. The van der Waals surface area contributed by atoms with Crippen LogP contribution in [0, 0.1) is 0 Å². The Morgan fingerprint density at radius 2 is 2.24 bits per heavy atom.